The van der Waals surface area contributed by atoms with Gasteiger partial charge < -0.3 is 9.80 Å². The van der Waals surface area contributed by atoms with Crippen LogP contribution in [0, 0.1) is 17.9 Å². The molecule has 11 aromatic rings. The van der Waals surface area contributed by atoms with Crippen LogP contribution in [0.5, 0.6) is 0 Å². The minimum atomic E-state index is -0.679. The smallest absolute Gasteiger partial charge is 0.189 e. The van der Waals surface area contributed by atoms with Crippen LogP contribution < -0.4 is 9.80 Å². The monoisotopic (exact) mass is 850 g/mol. The first-order valence-corrected chi connectivity index (χ1v) is 22.6. The molecule has 67 heavy (non-hydrogen) atoms. The quantitative estimate of drug-likeness (QED) is 0.123. The first kappa shape index (κ1) is 38.3. The third-order valence-electron chi connectivity index (χ3n) is 14.0. The first-order valence-electron chi connectivity index (χ1n) is 22.6. The van der Waals surface area contributed by atoms with Gasteiger partial charge in [0.15, 0.2) is 5.69 Å². The van der Waals surface area contributed by atoms with Gasteiger partial charge in [-0.25, -0.2) is 4.85 Å². The molecule has 0 aliphatic heterocycles. The van der Waals surface area contributed by atoms with Crippen molar-refractivity contribution in [1.82, 2.24) is 0 Å². The van der Waals surface area contributed by atoms with E-state index in [1.807, 2.05) is 42.5 Å². The Morgan fingerprint density at radius 1 is 0.388 bits per heavy atom. The maximum atomic E-state index is 10.0. The van der Waals surface area contributed by atoms with E-state index in [1.54, 1.807) is 0 Å². The molecule has 13 rings (SSSR count). The average molecular weight is 851 g/mol. The Balaban J connectivity index is 1.19. The third-order valence-corrected chi connectivity index (χ3v) is 14.0. The van der Waals surface area contributed by atoms with E-state index in [9.17, 15) is 5.26 Å². The Kier molecular flexibility index (Phi) is 8.52. The van der Waals surface area contributed by atoms with E-state index < -0.39 is 5.41 Å². The number of para-hydroxylation sites is 2. The van der Waals surface area contributed by atoms with Crippen LogP contribution in [0.3, 0.4) is 0 Å². The molecule has 0 saturated carbocycles. The minimum Gasteiger partial charge on any atom is -0.311 e. The predicted octanol–water partition coefficient (Wildman–Crippen LogP) is 16.9. The number of anilines is 6. The Labute approximate surface area is 388 Å². The van der Waals surface area contributed by atoms with Crippen LogP contribution >= 0.6 is 0 Å². The number of fused-ring (bicyclic) bond motifs is 17. The summed E-state index contributed by atoms with van der Waals surface area (Å²) >= 11 is 0. The summed E-state index contributed by atoms with van der Waals surface area (Å²) < 4.78 is 0. The van der Waals surface area contributed by atoms with Crippen molar-refractivity contribution in [1.29, 1.82) is 5.26 Å². The lowest BCUT2D eigenvalue weighted by molar-refractivity contribution is 0.809. The van der Waals surface area contributed by atoms with Crippen molar-refractivity contribution in [3.63, 3.8) is 0 Å². The molecule has 0 amide bonds. The molecule has 310 valence electrons. The van der Waals surface area contributed by atoms with Crippen molar-refractivity contribution in [2.75, 3.05) is 9.80 Å². The van der Waals surface area contributed by atoms with Gasteiger partial charge in [-0.15, -0.1) is 0 Å². The van der Waals surface area contributed by atoms with Crippen molar-refractivity contribution >= 4 is 72.1 Å². The molecular weight excluding hydrogens is 813 g/mol. The number of nitriles is 1. The lowest BCUT2D eigenvalue weighted by Gasteiger charge is -2.34. The van der Waals surface area contributed by atoms with Crippen molar-refractivity contribution in [2.24, 2.45) is 0 Å². The second kappa shape index (κ2) is 14.9. The van der Waals surface area contributed by atoms with E-state index in [0.717, 1.165) is 44.9 Å². The Morgan fingerprint density at radius 3 is 1.61 bits per heavy atom. The Morgan fingerprint density at radius 2 is 0.925 bits per heavy atom. The molecule has 4 nitrogen and oxygen atoms in total. The molecule has 0 fully saturated rings. The van der Waals surface area contributed by atoms with Gasteiger partial charge in [-0.3, -0.25) is 0 Å². The van der Waals surface area contributed by atoms with E-state index >= 15 is 0 Å². The van der Waals surface area contributed by atoms with Crippen molar-refractivity contribution < 1.29 is 0 Å². The fraction of sp³-hybridized carbons (Fsp3) is 0.0159. The number of nitrogens with zero attached hydrogens (tertiary/aromatic N) is 4. The van der Waals surface area contributed by atoms with Crippen LogP contribution in [-0.2, 0) is 5.41 Å². The second-order valence-electron chi connectivity index (χ2n) is 17.4. The highest BCUT2D eigenvalue weighted by molar-refractivity contribution is 6.23. The van der Waals surface area contributed by atoms with Crippen LogP contribution in [0.15, 0.2) is 231 Å². The third kappa shape index (κ3) is 5.51. The second-order valence-corrected chi connectivity index (χ2v) is 17.4. The summed E-state index contributed by atoms with van der Waals surface area (Å²) in [5, 5.41) is 17.0. The van der Waals surface area contributed by atoms with Crippen molar-refractivity contribution in [3.8, 4) is 28.3 Å². The average Bonchev–Trinajstić information content (AvgIpc) is 3.87. The van der Waals surface area contributed by atoms with Gasteiger partial charge in [0.25, 0.3) is 0 Å². The summed E-state index contributed by atoms with van der Waals surface area (Å²) in [7, 11) is 0. The molecule has 11 aromatic carbocycles. The van der Waals surface area contributed by atoms with Crippen LogP contribution in [0.1, 0.15) is 27.8 Å². The fourth-order valence-corrected chi connectivity index (χ4v) is 11.5. The van der Waals surface area contributed by atoms with Crippen molar-refractivity contribution in [3.05, 3.63) is 270 Å². The molecular formula is C63H38N4. The van der Waals surface area contributed by atoms with Gasteiger partial charge >= 0.3 is 0 Å². The van der Waals surface area contributed by atoms with Gasteiger partial charge in [-0.05, 0) is 144 Å². The Hall–Kier alpha value is -9.22. The highest BCUT2D eigenvalue weighted by Crippen LogP contribution is 2.67. The van der Waals surface area contributed by atoms with E-state index in [4.69, 9.17) is 6.57 Å². The number of rotatable bonds is 6. The molecule has 4 heteroatoms. The van der Waals surface area contributed by atoms with Crippen LogP contribution in [0.25, 0.3) is 59.4 Å². The van der Waals surface area contributed by atoms with Gasteiger partial charge in [0.1, 0.15) is 0 Å². The van der Waals surface area contributed by atoms with E-state index in [2.05, 4.69) is 209 Å². The molecule has 0 N–H and O–H groups in total. The largest absolute Gasteiger partial charge is 0.311 e. The molecule has 0 radical (unpaired) electrons. The number of hydrogen-bond acceptors (Lipinski definition) is 3. The zero-order valence-electron chi connectivity index (χ0n) is 36.2. The predicted molar refractivity (Wildman–Crippen MR) is 276 cm³/mol. The lowest BCUT2D eigenvalue weighted by Crippen LogP contribution is -2.26. The van der Waals surface area contributed by atoms with E-state index in [0.29, 0.717) is 11.3 Å². The fourth-order valence-electron chi connectivity index (χ4n) is 11.5. The van der Waals surface area contributed by atoms with Crippen LogP contribution in [0.4, 0.5) is 39.8 Å². The summed E-state index contributed by atoms with van der Waals surface area (Å²) in [6.07, 6.45) is 0. The molecule has 0 unspecified atom stereocenters. The zero-order valence-corrected chi connectivity index (χ0v) is 36.2. The van der Waals surface area contributed by atoms with Gasteiger partial charge in [0.2, 0.25) is 0 Å². The van der Waals surface area contributed by atoms with Gasteiger partial charge in [0, 0.05) is 33.8 Å². The standard InChI is InChI=1S/C63H38N4/c1-65-42-19-17-25-46(37-42)67(44-22-6-3-7-23-44)59-39-56-60-52-30-10-8-26-48(52)55-38-47(66(43-20-4-2-5-21-43)45-24-16-18-41(36-45)40-64)34-35-54(55)62(60)63(61(56)53-31-11-9-29-51(53)59)57-32-14-12-27-49(57)50-28-13-15-33-58(50)63/h2-39H. The van der Waals surface area contributed by atoms with E-state index in [-0.39, 0.29) is 0 Å². The molecule has 0 saturated heterocycles. The molecule has 2 aliphatic rings. The molecule has 0 bridgehead atoms. The lowest BCUT2D eigenvalue weighted by atomic mass is 9.68. The highest BCUT2D eigenvalue weighted by atomic mass is 15.1. The summed E-state index contributed by atoms with van der Waals surface area (Å²) in [4.78, 5) is 8.46. The van der Waals surface area contributed by atoms with Gasteiger partial charge in [0.05, 0.1) is 29.3 Å². The molecule has 0 heterocycles. The van der Waals surface area contributed by atoms with Crippen LogP contribution in [-0.4, -0.2) is 0 Å². The van der Waals surface area contributed by atoms with Gasteiger partial charge in [-0.1, -0.05) is 158 Å². The summed E-state index contributed by atoms with van der Waals surface area (Å²) in [6.45, 7) is 7.99. The van der Waals surface area contributed by atoms with E-state index in [1.165, 1.54) is 66.1 Å². The zero-order chi connectivity index (χ0) is 44.6. The number of benzene rings is 11. The summed E-state index contributed by atoms with van der Waals surface area (Å²) in [5.74, 6) is 0. The minimum absolute atomic E-state index is 0.591. The topological polar surface area (TPSA) is 34.6 Å². The SMILES string of the molecule is [C-]#[N+]c1cccc(N(c2ccccc2)c2cc3c(c4ccccc24)C2(c4ccccc4-c4ccccc42)c2c-3c3ccccc3c3cc(N(c4ccccc4)c4cccc(C#N)c4)ccc23)c1. The highest BCUT2D eigenvalue weighted by Gasteiger charge is 2.54. The first-order chi connectivity index (χ1) is 33.2. The molecule has 0 atom stereocenters. The van der Waals surface area contributed by atoms with Crippen LogP contribution in [0.2, 0.25) is 0 Å². The summed E-state index contributed by atoms with van der Waals surface area (Å²) in [5.41, 5.74) is 16.5. The maximum absolute atomic E-state index is 10.0. The van der Waals surface area contributed by atoms with Crippen molar-refractivity contribution in [2.45, 2.75) is 5.41 Å². The molecule has 1 spiro atoms. The normalized spacial score (nSPS) is 12.6. The molecule has 2 aliphatic carbocycles. The maximum Gasteiger partial charge on any atom is 0.189 e. The number of hydrogen-bond donors (Lipinski definition) is 0. The Bertz CT molecular complexity index is 3870. The van der Waals surface area contributed by atoms with Gasteiger partial charge in [-0.2, -0.15) is 5.26 Å². The summed E-state index contributed by atoms with van der Waals surface area (Å²) in [6, 6.07) is 84.5. The molecule has 0 aromatic heterocycles.